The van der Waals surface area contributed by atoms with Crippen LogP contribution in [0.3, 0.4) is 0 Å². The Balaban J connectivity index is 2.64. The summed E-state index contributed by atoms with van der Waals surface area (Å²) in [6.45, 7) is 0. The van der Waals surface area contributed by atoms with Gasteiger partial charge in [-0.05, 0) is 17.7 Å². The van der Waals surface area contributed by atoms with Gasteiger partial charge in [-0.25, -0.2) is 0 Å². The summed E-state index contributed by atoms with van der Waals surface area (Å²) in [5.41, 5.74) is 1.47. The standard InChI is InChI=1S/C7H5BrS/c8-6-2-1-3-7-5(6)4-9-7/h1-3H,4H2. The molecule has 0 fully saturated rings. The smallest absolute Gasteiger partial charge is 0.0254 e. The molecular weight excluding hydrogens is 196 g/mol. The van der Waals surface area contributed by atoms with Crippen molar-refractivity contribution in [3.63, 3.8) is 0 Å². The summed E-state index contributed by atoms with van der Waals surface area (Å²) in [5, 5.41) is 0. The Bertz CT molecular complexity index is 230. The summed E-state index contributed by atoms with van der Waals surface area (Å²) in [5.74, 6) is 1.18. The molecule has 0 radical (unpaired) electrons. The van der Waals surface area contributed by atoms with E-state index in [0.29, 0.717) is 0 Å². The van der Waals surface area contributed by atoms with E-state index in [2.05, 4.69) is 34.1 Å². The molecule has 1 aromatic carbocycles. The van der Waals surface area contributed by atoms with E-state index in [4.69, 9.17) is 0 Å². The zero-order valence-electron chi connectivity index (χ0n) is 4.73. The first-order valence-electron chi connectivity index (χ1n) is 2.78. The fraction of sp³-hybridized carbons (Fsp3) is 0.143. The van der Waals surface area contributed by atoms with Crippen LogP contribution in [0.2, 0.25) is 0 Å². The molecule has 0 unspecified atom stereocenters. The normalized spacial score (nSPS) is 14.3. The van der Waals surface area contributed by atoms with Crippen molar-refractivity contribution >= 4 is 27.7 Å². The van der Waals surface area contributed by atoms with Crippen molar-refractivity contribution in [1.82, 2.24) is 0 Å². The molecule has 0 amide bonds. The van der Waals surface area contributed by atoms with E-state index in [9.17, 15) is 0 Å². The number of fused-ring (bicyclic) bond motifs is 1. The maximum absolute atomic E-state index is 3.48. The van der Waals surface area contributed by atoms with Gasteiger partial charge in [-0.3, -0.25) is 0 Å². The average Bonchev–Trinajstić information content (AvgIpc) is 1.74. The molecule has 0 N–H and O–H groups in total. The van der Waals surface area contributed by atoms with E-state index >= 15 is 0 Å². The van der Waals surface area contributed by atoms with Gasteiger partial charge >= 0.3 is 0 Å². The SMILES string of the molecule is Brc1cccc2c1CS2. The maximum atomic E-state index is 3.48. The summed E-state index contributed by atoms with van der Waals surface area (Å²) in [6.07, 6.45) is 0. The largest absolute Gasteiger partial charge is 0.121 e. The van der Waals surface area contributed by atoms with E-state index in [0.717, 1.165) is 0 Å². The van der Waals surface area contributed by atoms with Crippen molar-refractivity contribution in [3.8, 4) is 0 Å². The van der Waals surface area contributed by atoms with Gasteiger partial charge in [-0.2, -0.15) is 0 Å². The van der Waals surface area contributed by atoms with E-state index in [-0.39, 0.29) is 0 Å². The summed E-state index contributed by atoms with van der Waals surface area (Å²) in [4.78, 5) is 1.43. The van der Waals surface area contributed by atoms with Crippen LogP contribution < -0.4 is 0 Å². The van der Waals surface area contributed by atoms with Crippen LogP contribution in [0.5, 0.6) is 0 Å². The molecule has 2 heteroatoms. The number of rotatable bonds is 0. The molecule has 9 heavy (non-hydrogen) atoms. The van der Waals surface area contributed by atoms with Gasteiger partial charge < -0.3 is 0 Å². The Morgan fingerprint density at radius 2 is 2.33 bits per heavy atom. The maximum Gasteiger partial charge on any atom is 0.0254 e. The van der Waals surface area contributed by atoms with E-state index < -0.39 is 0 Å². The molecule has 2 rings (SSSR count). The molecule has 1 aliphatic rings. The number of hydrogen-bond acceptors (Lipinski definition) is 1. The highest BCUT2D eigenvalue weighted by Crippen LogP contribution is 2.41. The minimum atomic E-state index is 1.18. The fourth-order valence-corrected chi connectivity index (χ4v) is 2.60. The van der Waals surface area contributed by atoms with Gasteiger partial charge in [-0.1, -0.05) is 22.0 Å². The first-order chi connectivity index (χ1) is 4.38. The molecule has 0 aromatic heterocycles. The Morgan fingerprint density at radius 1 is 1.44 bits per heavy atom. The highest BCUT2D eigenvalue weighted by atomic mass is 79.9. The molecule has 0 spiro atoms. The highest BCUT2D eigenvalue weighted by Gasteiger charge is 2.14. The van der Waals surface area contributed by atoms with Crippen molar-refractivity contribution in [1.29, 1.82) is 0 Å². The molecule has 0 saturated carbocycles. The second-order valence-corrected chi connectivity index (χ2v) is 3.88. The second kappa shape index (κ2) is 2.03. The van der Waals surface area contributed by atoms with Gasteiger partial charge in [0.15, 0.2) is 0 Å². The van der Waals surface area contributed by atoms with Gasteiger partial charge in [0.2, 0.25) is 0 Å². The van der Waals surface area contributed by atoms with Crippen LogP contribution in [0.25, 0.3) is 0 Å². The van der Waals surface area contributed by atoms with Crippen molar-refractivity contribution in [3.05, 3.63) is 28.2 Å². The molecule has 0 nitrogen and oxygen atoms in total. The van der Waals surface area contributed by atoms with Gasteiger partial charge in [0.25, 0.3) is 0 Å². The first kappa shape index (κ1) is 5.81. The van der Waals surface area contributed by atoms with Gasteiger partial charge in [-0.15, -0.1) is 11.8 Å². The minimum absolute atomic E-state index is 1.18. The van der Waals surface area contributed by atoms with Crippen molar-refractivity contribution in [2.24, 2.45) is 0 Å². The Hall–Kier alpha value is 0.0500. The third-order valence-electron chi connectivity index (χ3n) is 1.45. The van der Waals surface area contributed by atoms with Crippen LogP contribution in [-0.4, -0.2) is 0 Å². The van der Waals surface area contributed by atoms with E-state index in [1.165, 1.54) is 20.7 Å². The monoisotopic (exact) mass is 200 g/mol. The lowest BCUT2D eigenvalue weighted by Gasteiger charge is -2.18. The molecule has 46 valence electrons. The zero-order chi connectivity index (χ0) is 6.27. The minimum Gasteiger partial charge on any atom is -0.121 e. The molecule has 1 heterocycles. The summed E-state index contributed by atoms with van der Waals surface area (Å²) < 4.78 is 1.26. The summed E-state index contributed by atoms with van der Waals surface area (Å²) in [7, 11) is 0. The topological polar surface area (TPSA) is 0 Å². The fourth-order valence-electron chi connectivity index (χ4n) is 0.884. The van der Waals surface area contributed by atoms with Crippen LogP contribution in [0.4, 0.5) is 0 Å². The van der Waals surface area contributed by atoms with Crippen LogP contribution in [0, 0.1) is 0 Å². The molecule has 1 aromatic rings. The molecule has 0 atom stereocenters. The lowest BCUT2D eigenvalue weighted by molar-refractivity contribution is 1.18. The van der Waals surface area contributed by atoms with Crippen molar-refractivity contribution in [2.75, 3.05) is 0 Å². The van der Waals surface area contributed by atoms with Crippen LogP contribution >= 0.6 is 27.7 Å². The molecule has 0 bridgehead atoms. The van der Waals surface area contributed by atoms with Crippen LogP contribution in [-0.2, 0) is 5.75 Å². The Labute approximate surface area is 66.8 Å². The summed E-state index contributed by atoms with van der Waals surface area (Å²) in [6, 6.07) is 6.34. The molecule has 1 aliphatic heterocycles. The third-order valence-corrected chi connectivity index (χ3v) is 3.32. The summed E-state index contributed by atoms with van der Waals surface area (Å²) >= 11 is 5.40. The van der Waals surface area contributed by atoms with Crippen LogP contribution in [0.1, 0.15) is 5.56 Å². The number of halogens is 1. The van der Waals surface area contributed by atoms with Gasteiger partial charge in [0, 0.05) is 15.1 Å². The Morgan fingerprint density at radius 3 is 2.78 bits per heavy atom. The third kappa shape index (κ3) is 0.812. The quantitative estimate of drug-likeness (QED) is 0.621. The lowest BCUT2D eigenvalue weighted by atomic mass is 10.2. The molecule has 0 saturated heterocycles. The van der Waals surface area contributed by atoms with E-state index in [1.807, 2.05) is 11.8 Å². The number of hydrogen-bond donors (Lipinski definition) is 0. The van der Waals surface area contributed by atoms with E-state index in [1.54, 1.807) is 0 Å². The zero-order valence-corrected chi connectivity index (χ0v) is 7.13. The first-order valence-corrected chi connectivity index (χ1v) is 4.56. The highest BCUT2D eigenvalue weighted by molar-refractivity contribution is 9.10. The van der Waals surface area contributed by atoms with Crippen LogP contribution in [0.15, 0.2) is 27.6 Å². The molecular formula is C7H5BrS. The number of thioether (sulfide) groups is 1. The number of benzene rings is 1. The predicted molar refractivity (Wildman–Crippen MR) is 43.7 cm³/mol. The predicted octanol–water partition coefficient (Wildman–Crippen LogP) is 3.05. The second-order valence-electron chi connectivity index (χ2n) is 2.01. The van der Waals surface area contributed by atoms with Gasteiger partial charge in [0.1, 0.15) is 0 Å². The van der Waals surface area contributed by atoms with Crippen molar-refractivity contribution < 1.29 is 0 Å². The molecule has 0 aliphatic carbocycles. The Kier molecular flexibility index (Phi) is 1.31. The lowest BCUT2D eigenvalue weighted by Crippen LogP contribution is -1.95. The van der Waals surface area contributed by atoms with Crippen molar-refractivity contribution in [2.45, 2.75) is 10.6 Å². The average molecular weight is 201 g/mol. The van der Waals surface area contributed by atoms with Gasteiger partial charge in [0.05, 0.1) is 0 Å².